The highest BCUT2D eigenvalue weighted by atomic mass is 32.2. The molecule has 0 heterocycles. The average molecular weight is 181 g/mol. The van der Waals surface area contributed by atoms with Gasteiger partial charge in [-0.2, -0.15) is 5.26 Å². The Bertz CT molecular complexity index is 305. The van der Waals surface area contributed by atoms with Crippen LogP contribution in [0.2, 0.25) is 0 Å². The molecule has 1 atom stereocenters. The molecule has 1 aromatic carbocycles. The predicted octanol–water partition coefficient (Wildman–Crippen LogP) is 1.25. The van der Waals surface area contributed by atoms with E-state index in [0.29, 0.717) is 4.90 Å². The Labute approximate surface area is 73.3 Å². The molecule has 0 bridgehead atoms. The maximum Gasteiger partial charge on any atom is 0.190 e. The van der Waals surface area contributed by atoms with Gasteiger partial charge in [-0.05, 0) is 12.1 Å². The van der Waals surface area contributed by atoms with Gasteiger partial charge < -0.3 is 0 Å². The Balaban J connectivity index is 2.61. The first-order valence-corrected chi connectivity index (χ1v) is 4.39. The Morgan fingerprint density at radius 3 is 2.67 bits per heavy atom. The SMILES string of the molecule is N#CCOS(=O)c1ccccc1. The second-order valence-corrected chi connectivity index (χ2v) is 3.14. The zero-order chi connectivity index (χ0) is 8.81. The summed E-state index contributed by atoms with van der Waals surface area (Å²) in [7, 11) is 0. The topological polar surface area (TPSA) is 50.1 Å². The first-order valence-electron chi connectivity index (χ1n) is 3.31. The molecule has 62 valence electrons. The van der Waals surface area contributed by atoms with E-state index in [1.807, 2.05) is 6.07 Å². The number of hydrogen-bond donors (Lipinski definition) is 0. The van der Waals surface area contributed by atoms with Crippen molar-refractivity contribution in [2.24, 2.45) is 0 Å². The molecule has 0 N–H and O–H groups in total. The van der Waals surface area contributed by atoms with E-state index in [-0.39, 0.29) is 6.61 Å². The van der Waals surface area contributed by atoms with Gasteiger partial charge in [0.15, 0.2) is 17.7 Å². The van der Waals surface area contributed by atoms with Gasteiger partial charge in [0, 0.05) is 0 Å². The van der Waals surface area contributed by atoms with Crippen molar-refractivity contribution in [3.8, 4) is 6.07 Å². The fourth-order valence-electron chi connectivity index (χ4n) is 0.680. The molecule has 0 aliphatic carbocycles. The van der Waals surface area contributed by atoms with Gasteiger partial charge in [0.25, 0.3) is 0 Å². The summed E-state index contributed by atoms with van der Waals surface area (Å²) in [6, 6.07) is 10.5. The van der Waals surface area contributed by atoms with Gasteiger partial charge in [-0.15, -0.1) is 0 Å². The van der Waals surface area contributed by atoms with E-state index in [9.17, 15) is 4.21 Å². The largest absolute Gasteiger partial charge is 0.271 e. The summed E-state index contributed by atoms with van der Waals surface area (Å²) in [5, 5.41) is 8.15. The number of rotatable bonds is 3. The van der Waals surface area contributed by atoms with E-state index < -0.39 is 11.1 Å². The van der Waals surface area contributed by atoms with Crippen LogP contribution in [0.3, 0.4) is 0 Å². The lowest BCUT2D eigenvalue weighted by molar-refractivity contribution is 0.400. The molecule has 12 heavy (non-hydrogen) atoms. The minimum atomic E-state index is -1.51. The summed E-state index contributed by atoms with van der Waals surface area (Å²) in [6.45, 7) is -0.151. The predicted molar refractivity (Wildman–Crippen MR) is 44.4 cm³/mol. The van der Waals surface area contributed by atoms with Crippen LogP contribution in [0.1, 0.15) is 0 Å². The van der Waals surface area contributed by atoms with Crippen molar-refractivity contribution in [1.82, 2.24) is 0 Å². The van der Waals surface area contributed by atoms with Crippen LogP contribution in [0.25, 0.3) is 0 Å². The summed E-state index contributed by atoms with van der Waals surface area (Å²) in [4.78, 5) is 0.577. The van der Waals surface area contributed by atoms with Gasteiger partial charge in [-0.1, -0.05) is 18.2 Å². The molecule has 0 spiro atoms. The molecular weight excluding hydrogens is 174 g/mol. The van der Waals surface area contributed by atoms with E-state index in [4.69, 9.17) is 5.26 Å². The molecule has 3 nitrogen and oxygen atoms in total. The van der Waals surface area contributed by atoms with Crippen LogP contribution in [-0.2, 0) is 15.3 Å². The summed E-state index contributed by atoms with van der Waals surface area (Å²) in [5.74, 6) is 0. The Morgan fingerprint density at radius 2 is 2.08 bits per heavy atom. The molecule has 0 aliphatic rings. The smallest absolute Gasteiger partial charge is 0.190 e. The van der Waals surface area contributed by atoms with Gasteiger partial charge >= 0.3 is 0 Å². The molecule has 0 saturated carbocycles. The summed E-state index contributed by atoms with van der Waals surface area (Å²) < 4.78 is 15.8. The highest BCUT2D eigenvalue weighted by Gasteiger charge is 2.01. The number of nitrogens with zero attached hydrogens (tertiary/aromatic N) is 1. The summed E-state index contributed by atoms with van der Waals surface area (Å²) >= 11 is -1.51. The van der Waals surface area contributed by atoms with Crippen molar-refractivity contribution < 1.29 is 8.39 Å². The molecule has 0 aromatic heterocycles. The average Bonchev–Trinajstić information content (AvgIpc) is 2.15. The molecule has 1 unspecified atom stereocenters. The van der Waals surface area contributed by atoms with Crippen LogP contribution >= 0.6 is 0 Å². The van der Waals surface area contributed by atoms with Crippen LogP contribution in [0.4, 0.5) is 0 Å². The minimum Gasteiger partial charge on any atom is -0.271 e. The van der Waals surface area contributed by atoms with Gasteiger partial charge in [-0.3, -0.25) is 4.18 Å². The highest BCUT2D eigenvalue weighted by molar-refractivity contribution is 7.80. The van der Waals surface area contributed by atoms with Crippen molar-refractivity contribution in [2.45, 2.75) is 4.90 Å². The van der Waals surface area contributed by atoms with Crippen LogP contribution in [0.5, 0.6) is 0 Å². The van der Waals surface area contributed by atoms with Gasteiger partial charge in [-0.25, -0.2) is 4.21 Å². The van der Waals surface area contributed by atoms with E-state index in [1.165, 1.54) is 0 Å². The van der Waals surface area contributed by atoms with Crippen molar-refractivity contribution in [3.05, 3.63) is 30.3 Å². The zero-order valence-electron chi connectivity index (χ0n) is 6.27. The van der Waals surface area contributed by atoms with E-state index >= 15 is 0 Å². The third-order valence-corrected chi connectivity index (χ3v) is 2.16. The van der Waals surface area contributed by atoms with Crippen LogP contribution in [0, 0.1) is 11.3 Å². The standard InChI is InChI=1S/C8H7NO2S/c9-6-7-11-12(10)8-4-2-1-3-5-8/h1-5H,7H2. The second-order valence-electron chi connectivity index (χ2n) is 1.97. The minimum absolute atomic E-state index is 0.151. The Morgan fingerprint density at radius 1 is 1.42 bits per heavy atom. The first kappa shape index (κ1) is 8.91. The Hall–Kier alpha value is -1.18. The van der Waals surface area contributed by atoms with E-state index in [1.54, 1.807) is 30.3 Å². The molecule has 4 heteroatoms. The molecular formula is C8H7NO2S. The normalized spacial score (nSPS) is 11.9. The maximum atomic E-state index is 11.1. The Kier molecular flexibility index (Phi) is 3.45. The molecule has 1 rings (SSSR count). The highest BCUT2D eigenvalue weighted by Crippen LogP contribution is 2.05. The number of nitriles is 1. The molecule has 0 aliphatic heterocycles. The molecule has 1 aromatic rings. The summed E-state index contributed by atoms with van der Waals surface area (Å²) in [5.41, 5.74) is 0. The first-order chi connectivity index (χ1) is 5.84. The quantitative estimate of drug-likeness (QED) is 0.705. The van der Waals surface area contributed by atoms with Crippen LogP contribution in [-0.4, -0.2) is 10.8 Å². The van der Waals surface area contributed by atoms with Crippen molar-refractivity contribution in [1.29, 1.82) is 5.26 Å². The van der Waals surface area contributed by atoms with Crippen molar-refractivity contribution in [3.63, 3.8) is 0 Å². The summed E-state index contributed by atoms with van der Waals surface area (Å²) in [6.07, 6.45) is 0. The number of benzene rings is 1. The van der Waals surface area contributed by atoms with Crippen LogP contribution < -0.4 is 0 Å². The molecule has 0 saturated heterocycles. The van der Waals surface area contributed by atoms with Gasteiger partial charge in [0.05, 0.1) is 11.0 Å². The van der Waals surface area contributed by atoms with E-state index in [0.717, 1.165) is 0 Å². The third-order valence-electron chi connectivity index (χ3n) is 1.17. The molecule has 0 amide bonds. The molecule has 0 radical (unpaired) electrons. The third kappa shape index (κ3) is 2.46. The van der Waals surface area contributed by atoms with Crippen molar-refractivity contribution in [2.75, 3.05) is 6.61 Å². The maximum absolute atomic E-state index is 11.1. The van der Waals surface area contributed by atoms with Gasteiger partial charge in [0.2, 0.25) is 0 Å². The lowest BCUT2D eigenvalue weighted by Gasteiger charge is -1.97. The fraction of sp³-hybridized carbons (Fsp3) is 0.125. The van der Waals surface area contributed by atoms with Crippen molar-refractivity contribution >= 4 is 11.1 Å². The lowest BCUT2D eigenvalue weighted by atomic mass is 10.4. The van der Waals surface area contributed by atoms with E-state index in [2.05, 4.69) is 4.18 Å². The zero-order valence-corrected chi connectivity index (χ0v) is 7.08. The number of hydrogen-bond acceptors (Lipinski definition) is 3. The van der Waals surface area contributed by atoms with Gasteiger partial charge in [0.1, 0.15) is 0 Å². The van der Waals surface area contributed by atoms with Crippen LogP contribution in [0.15, 0.2) is 35.2 Å². The molecule has 0 fully saturated rings. The lowest BCUT2D eigenvalue weighted by Crippen LogP contribution is -1.97. The fourth-order valence-corrected chi connectivity index (χ4v) is 1.35. The second kappa shape index (κ2) is 4.65. The monoisotopic (exact) mass is 181 g/mol.